The Balaban J connectivity index is 2.85. The summed E-state index contributed by atoms with van der Waals surface area (Å²) in [7, 11) is 1.20. The van der Waals surface area contributed by atoms with Gasteiger partial charge in [0.25, 0.3) is 0 Å². The fourth-order valence-corrected chi connectivity index (χ4v) is 1.41. The first kappa shape index (κ1) is 14.0. The number of rotatable bonds is 3. The lowest BCUT2D eigenvalue weighted by atomic mass is 10.1. The zero-order valence-electron chi connectivity index (χ0n) is 10.3. The Morgan fingerprint density at radius 2 is 1.83 bits per heavy atom. The summed E-state index contributed by atoms with van der Waals surface area (Å²) in [6, 6.07) is 0. The average Bonchev–Trinajstić information content (AvgIpc) is 2.29. The molecule has 18 heavy (non-hydrogen) atoms. The third-order valence-corrected chi connectivity index (χ3v) is 2.09. The minimum Gasteiger partial charge on any atom is -0.483 e. The number of ether oxygens (including phenoxy) is 4. The van der Waals surface area contributed by atoms with E-state index in [1.165, 1.54) is 27.0 Å². The molecule has 0 bridgehead atoms. The van der Waals surface area contributed by atoms with Crippen molar-refractivity contribution in [1.82, 2.24) is 0 Å². The third kappa shape index (κ3) is 3.76. The molecule has 0 aromatic heterocycles. The topological polar surface area (TPSA) is 88.1 Å². The van der Waals surface area contributed by atoms with Crippen molar-refractivity contribution in [2.75, 3.05) is 13.7 Å². The van der Waals surface area contributed by atoms with Gasteiger partial charge in [-0.25, -0.2) is 4.79 Å². The zero-order chi connectivity index (χ0) is 13.7. The maximum Gasteiger partial charge on any atom is 0.373 e. The summed E-state index contributed by atoms with van der Waals surface area (Å²) in [5.41, 5.74) is 0. The molecule has 1 heterocycles. The fourth-order valence-electron chi connectivity index (χ4n) is 1.41. The highest BCUT2D eigenvalue weighted by Gasteiger charge is 2.33. The highest BCUT2D eigenvalue weighted by Crippen LogP contribution is 2.18. The molecule has 100 valence electrons. The summed E-state index contributed by atoms with van der Waals surface area (Å²) in [4.78, 5) is 33.1. The molecular weight excluding hydrogens is 244 g/mol. The van der Waals surface area contributed by atoms with Crippen LogP contribution in [0.1, 0.15) is 13.8 Å². The number of carbonyl (C=O) groups excluding carboxylic acids is 3. The molecule has 0 amide bonds. The fraction of sp³-hybridized carbons (Fsp3) is 0.545. The van der Waals surface area contributed by atoms with Crippen molar-refractivity contribution in [3.05, 3.63) is 11.8 Å². The lowest BCUT2D eigenvalue weighted by molar-refractivity contribution is -0.168. The molecule has 0 radical (unpaired) electrons. The average molecular weight is 258 g/mol. The quantitative estimate of drug-likeness (QED) is 0.517. The van der Waals surface area contributed by atoms with E-state index in [0.717, 1.165) is 0 Å². The first-order valence-corrected chi connectivity index (χ1v) is 5.21. The molecule has 2 atom stereocenters. The van der Waals surface area contributed by atoms with Gasteiger partial charge in [0.2, 0.25) is 5.76 Å². The van der Waals surface area contributed by atoms with E-state index >= 15 is 0 Å². The molecule has 7 nitrogen and oxygen atoms in total. The molecule has 7 heteroatoms. The first-order valence-electron chi connectivity index (χ1n) is 5.21. The summed E-state index contributed by atoms with van der Waals surface area (Å²) >= 11 is 0. The second-order valence-electron chi connectivity index (χ2n) is 3.56. The van der Waals surface area contributed by atoms with Crippen LogP contribution in [-0.2, 0) is 33.3 Å². The van der Waals surface area contributed by atoms with Crippen LogP contribution in [0.2, 0.25) is 0 Å². The minimum atomic E-state index is -0.866. The van der Waals surface area contributed by atoms with E-state index in [1.54, 1.807) is 0 Å². The van der Waals surface area contributed by atoms with Crippen molar-refractivity contribution >= 4 is 17.9 Å². The molecule has 0 aromatic rings. The number of esters is 3. The van der Waals surface area contributed by atoms with Crippen LogP contribution >= 0.6 is 0 Å². The van der Waals surface area contributed by atoms with E-state index in [1.807, 2.05) is 0 Å². The van der Waals surface area contributed by atoms with Gasteiger partial charge >= 0.3 is 17.9 Å². The van der Waals surface area contributed by atoms with Gasteiger partial charge in [-0.1, -0.05) is 0 Å². The second kappa shape index (κ2) is 6.04. The predicted molar refractivity (Wildman–Crippen MR) is 57.2 cm³/mol. The van der Waals surface area contributed by atoms with E-state index in [4.69, 9.17) is 14.2 Å². The molecule has 0 fully saturated rings. The van der Waals surface area contributed by atoms with Crippen LogP contribution < -0.4 is 0 Å². The molecule has 0 saturated carbocycles. The van der Waals surface area contributed by atoms with Crippen LogP contribution in [0.15, 0.2) is 11.8 Å². The van der Waals surface area contributed by atoms with Gasteiger partial charge in [-0.3, -0.25) is 9.59 Å². The third-order valence-electron chi connectivity index (χ3n) is 2.09. The van der Waals surface area contributed by atoms with Crippen molar-refractivity contribution in [2.24, 2.45) is 0 Å². The van der Waals surface area contributed by atoms with Gasteiger partial charge in [-0.2, -0.15) is 0 Å². The molecule has 1 rings (SSSR count). The largest absolute Gasteiger partial charge is 0.483 e. The smallest absolute Gasteiger partial charge is 0.373 e. The number of methoxy groups -OCH3 is 1. The van der Waals surface area contributed by atoms with Crippen molar-refractivity contribution in [2.45, 2.75) is 26.1 Å². The van der Waals surface area contributed by atoms with Gasteiger partial charge in [-0.15, -0.1) is 0 Å². The molecular formula is C11H14O7. The van der Waals surface area contributed by atoms with Gasteiger partial charge < -0.3 is 18.9 Å². The standard InChI is InChI=1S/C11H14O7/c1-6(12)17-8-4-9(11(14)15-3)16-5-10(8)18-7(2)13/h4,8,10H,5H2,1-3H3/t8-,10+/m1/s1. The highest BCUT2D eigenvalue weighted by molar-refractivity contribution is 5.86. The van der Waals surface area contributed by atoms with Gasteiger partial charge in [0.15, 0.2) is 12.2 Å². The molecule has 0 spiro atoms. The molecule has 0 aliphatic carbocycles. The zero-order valence-corrected chi connectivity index (χ0v) is 10.3. The minimum absolute atomic E-state index is 0.0767. The van der Waals surface area contributed by atoms with E-state index in [9.17, 15) is 14.4 Å². The first-order chi connectivity index (χ1) is 8.43. The van der Waals surface area contributed by atoms with Crippen molar-refractivity contribution in [3.8, 4) is 0 Å². The maximum atomic E-state index is 11.3. The van der Waals surface area contributed by atoms with Crippen LogP contribution in [-0.4, -0.2) is 43.8 Å². The summed E-state index contributed by atoms with van der Waals surface area (Å²) in [5.74, 6) is -1.85. The van der Waals surface area contributed by atoms with Crippen LogP contribution in [0, 0.1) is 0 Å². The Labute approximate surface area is 104 Å². The molecule has 0 N–H and O–H groups in total. The SMILES string of the molecule is COC(=O)C1=C[C@@H](OC(C)=O)[C@@H](OC(C)=O)CO1. The maximum absolute atomic E-state index is 11.3. The van der Waals surface area contributed by atoms with Crippen molar-refractivity contribution < 1.29 is 33.3 Å². The van der Waals surface area contributed by atoms with E-state index in [0.29, 0.717) is 0 Å². The lowest BCUT2D eigenvalue weighted by Gasteiger charge is -2.28. The van der Waals surface area contributed by atoms with Crippen molar-refractivity contribution in [3.63, 3.8) is 0 Å². The number of hydrogen-bond donors (Lipinski definition) is 0. The van der Waals surface area contributed by atoms with Gasteiger partial charge in [0.1, 0.15) is 6.61 Å². The summed E-state index contributed by atoms with van der Waals surface area (Å²) < 4.78 is 19.4. The van der Waals surface area contributed by atoms with Gasteiger partial charge in [0, 0.05) is 19.9 Å². The Hall–Kier alpha value is -2.05. The lowest BCUT2D eigenvalue weighted by Crippen LogP contribution is -2.40. The summed E-state index contributed by atoms with van der Waals surface area (Å²) in [6.45, 7) is 2.36. The van der Waals surface area contributed by atoms with Crippen LogP contribution in [0.25, 0.3) is 0 Å². The summed E-state index contributed by atoms with van der Waals surface area (Å²) in [5, 5.41) is 0. The van der Waals surface area contributed by atoms with Crippen LogP contribution in [0.5, 0.6) is 0 Å². The Bertz CT molecular complexity index is 385. The molecule has 1 aliphatic heterocycles. The Morgan fingerprint density at radius 1 is 1.22 bits per heavy atom. The van der Waals surface area contributed by atoms with E-state index < -0.39 is 30.1 Å². The normalized spacial score (nSPS) is 22.3. The van der Waals surface area contributed by atoms with Crippen LogP contribution in [0.3, 0.4) is 0 Å². The monoisotopic (exact) mass is 258 g/mol. The Morgan fingerprint density at radius 3 is 2.33 bits per heavy atom. The van der Waals surface area contributed by atoms with E-state index in [-0.39, 0.29) is 12.4 Å². The number of carbonyl (C=O) groups is 3. The van der Waals surface area contributed by atoms with Gasteiger partial charge in [-0.05, 0) is 0 Å². The predicted octanol–water partition coefficient (Wildman–Crippen LogP) is -0.0631. The van der Waals surface area contributed by atoms with Gasteiger partial charge in [0.05, 0.1) is 7.11 Å². The molecule has 0 aromatic carbocycles. The second-order valence-corrected chi connectivity index (χ2v) is 3.56. The molecule has 1 aliphatic rings. The molecule has 0 unspecified atom stereocenters. The van der Waals surface area contributed by atoms with E-state index in [2.05, 4.69) is 4.74 Å². The summed E-state index contributed by atoms with van der Waals surface area (Å²) in [6.07, 6.45) is -0.390. The highest BCUT2D eigenvalue weighted by atomic mass is 16.6. The molecule has 0 saturated heterocycles. The van der Waals surface area contributed by atoms with Crippen LogP contribution in [0.4, 0.5) is 0 Å². The Kier molecular flexibility index (Phi) is 4.70. The van der Waals surface area contributed by atoms with Crippen molar-refractivity contribution in [1.29, 1.82) is 0 Å². The number of hydrogen-bond acceptors (Lipinski definition) is 7.